The number of esters is 1. The van der Waals surface area contributed by atoms with Gasteiger partial charge in [0.25, 0.3) is 0 Å². The molecule has 0 aliphatic carbocycles. The molecule has 0 heterocycles. The summed E-state index contributed by atoms with van der Waals surface area (Å²) in [4.78, 5) is 11.8. The monoisotopic (exact) mass is 319 g/mol. The Morgan fingerprint density at radius 2 is 2.00 bits per heavy atom. The third kappa shape index (κ3) is 6.01. The second-order valence-electron chi connectivity index (χ2n) is 4.88. The summed E-state index contributed by atoms with van der Waals surface area (Å²) < 4.78 is 20.6. The maximum Gasteiger partial charge on any atom is 0.348 e. The lowest BCUT2D eigenvalue weighted by molar-refractivity contribution is -0.139. The number of benzene rings is 1. The third-order valence-electron chi connectivity index (χ3n) is 2.72. The fourth-order valence-electron chi connectivity index (χ4n) is 1.72. The van der Waals surface area contributed by atoms with Crippen LogP contribution in [0.15, 0.2) is 23.8 Å². The van der Waals surface area contributed by atoms with E-state index in [0.717, 1.165) is 0 Å². The van der Waals surface area contributed by atoms with E-state index in [1.54, 1.807) is 18.2 Å². The molecule has 1 rings (SSSR count). The van der Waals surface area contributed by atoms with Gasteiger partial charge in [-0.05, 0) is 37.6 Å². The molecule has 0 unspecified atom stereocenters. The molecular weight excluding hydrogens is 298 g/mol. The Bertz CT molecular complexity index is 601. The highest BCUT2D eigenvalue weighted by atomic mass is 16.6. The zero-order valence-corrected chi connectivity index (χ0v) is 13.8. The van der Waals surface area contributed by atoms with Crippen molar-refractivity contribution in [2.24, 2.45) is 0 Å². The SMILES string of the molecule is COCCOC(=O)/C(C#N)=C\c1ccc(OC(C)C)c(OC)c1. The van der Waals surface area contributed by atoms with E-state index in [1.165, 1.54) is 20.3 Å². The number of carbonyl (C=O) groups excluding carboxylic acids is 1. The minimum Gasteiger partial charge on any atom is -0.493 e. The molecule has 0 spiro atoms. The summed E-state index contributed by atoms with van der Waals surface area (Å²) in [5, 5.41) is 9.11. The van der Waals surface area contributed by atoms with Gasteiger partial charge in [-0.1, -0.05) is 6.07 Å². The summed E-state index contributed by atoms with van der Waals surface area (Å²) >= 11 is 0. The molecule has 0 radical (unpaired) electrons. The Morgan fingerprint density at radius 1 is 1.26 bits per heavy atom. The second kappa shape index (κ2) is 9.49. The van der Waals surface area contributed by atoms with Gasteiger partial charge in [0.1, 0.15) is 18.2 Å². The lowest BCUT2D eigenvalue weighted by atomic mass is 10.1. The molecule has 0 fully saturated rings. The first-order chi connectivity index (χ1) is 11.0. The third-order valence-corrected chi connectivity index (χ3v) is 2.72. The van der Waals surface area contributed by atoms with E-state index in [1.807, 2.05) is 19.9 Å². The summed E-state index contributed by atoms with van der Waals surface area (Å²) in [5.41, 5.74) is 0.541. The smallest absolute Gasteiger partial charge is 0.348 e. The molecule has 0 aromatic heterocycles. The highest BCUT2D eigenvalue weighted by Gasteiger charge is 2.12. The molecule has 1 aromatic carbocycles. The van der Waals surface area contributed by atoms with Crippen molar-refractivity contribution < 1.29 is 23.7 Å². The second-order valence-corrected chi connectivity index (χ2v) is 4.88. The van der Waals surface area contributed by atoms with Gasteiger partial charge < -0.3 is 18.9 Å². The van der Waals surface area contributed by atoms with E-state index in [4.69, 9.17) is 24.2 Å². The molecule has 0 N–H and O–H groups in total. The van der Waals surface area contributed by atoms with Crippen LogP contribution in [0.25, 0.3) is 6.08 Å². The molecule has 0 amide bonds. The van der Waals surface area contributed by atoms with Gasteiger partial charge in [-0.25, -0.2) is 4.79 Å². The van der Waals surface area contributed by atoms with Crippen LogP contribution in [-0.4, -0.2) is 39.5 Å². The molecule has 6 heteroatoms. The van der Waals surface area contributed by atoms with Crippen molar-refractivity contribution in [2.45, 2.75) is 20.0 Å². The van der Waals surface area contributed by atoms with Crippen LogP contribution in [-0.2, 0) is 14.3 Å². The molecule has 0 aliphatic rings. The van der Waals surface area contributed by atoms with Gasteiger partial charge in [-0.15, -0.1) is 0 Å². The van der Waals surface area contributed by atoms with E-state index < -0.39 is 5.97 Å². The summed E-state index contributed by atoms with van der Waals surface area (Å²) in [6.45, 7) is 4.20. The summed E-state index contributed by atoms with van der Waals surface area (Å²) in [6.07, 6.45) is 1.45. The molecule has 1 aromatic rings. The Hall–Kier alpha value is -2.52. The fourth-order valence-corrected chi connectivity index (χ4v) is 1.72. The minimum absolute atomic E-state index is 0.00993. The van der Waals surface area contributed by atoms with Crippen molar-refractivity contribution in [3.8, 4) is 17.6 Å². The number of methoxy groups -OCH3 is 2. The number of hydrogen-bond acceptors (Lipinski definition) is 6. The average molecular weight is 319 g/mol. The maximum atomic E-state index is 11.8. The highest BCUT2D eigenvalue weighted by molar-refractivity contribution is 5.97. The van der Waals surface area contributed by atoms with Gasteiger partial charge in [0.2, 0.25) is 0 Å². The predicted molar refractivity (Wildman–Crippen MR) is 85.2 cm³/mol. The van der Waals surface area contributed by atoms with Gasteiger partial charge in [0, 0.05) is 7.11 Å². The number of rotatable bonds is 8. The van der Waals surface area contributed by atoms with Crippen LogP contribution in [0, 0.1) is 11.3 Å². The molecule has 6 nitrogen and oxygen atoms in total. The molecule has 0 saturated carbocycles. The lowest BCUT2D eigenvalue weighted by Gasteiger charge is -2.13. The van der Waals surface area contributed by atoms with Gasteiger partial charge in [0.05, 0.1) is 19.8 Å². The summed E-state index contributed by atoms with van der Waals surface area (Å²) in [6, 6.07) is 7.00. The van der Waals surface area contributed by atoms with E-state index in [-0.39, 0.29) is 24.9 Å². The molecule has 23 heavy (non-hydrogen) atoms. The first-order valence-corrected chi connectivity index (χ1v) is 7.14. The minimum atomic E-state index is -0.689. The number of nitrogens with zero attached hydrogens (tertiary/aromatic N) is 1. The highest BCUT2D eigenvalue weighted by Crippen LogP contribution is 2.29. The fraction of sp³-hybridized carbons (Fsp3) is 0.412. The summed E-state index contributed by atoms with van der Waals surface area (Å²) in [5.74, 6) is 0.435. The van der Waals surface area contributed by atoms with Crippen molar-refractivity contribution in [3.05, 3.63) is 29.3 Å². The molecule has 124 valence electrons. The van der Waals surface area contributed by atoms with Crippen LogP contribution in [0.2, 0.25) is 0 Å². The number of ether oxygens (including phenoxy) is 4. The first kappa shape index (κ1) is 18.5. The van der Waals surface area contributed by atoms with Crippen LogP contribution >= 0.6 is 0 Å². The Morgan fingerprint density at radius 3 is 2.57 bits per heavy atom. The maximum absolute atomic E-state index is 11.8. The van der Waals surface area contributed by atoms with Crippen LogP contribution < -0.4 is 9.47 Å². The van der Waals surface area contributed by atoms with Crippen molar-refractivity contribution in [2.75, 3.05) is 27.4 Å². The molecule has 0 saturated heterocycles. The van der Waals surface area contributed by atoms with E-state index >= 15 is 0 Å². The normalized spacial score (nSPS) is 11.0. The van der Waals surface area contributed by atoms with Crippen LogP contribution in [0.1, 0.15) is 19.4 Å². The van der Waals surface area contributed by atoms with Crippen LogP contribution in [0.3, 0.4) is 0 Å². The van der Waals surface area contributed by atoms with E-state index in [0.29, 0.717) is 17.1 Å². The zero-order chi connectivity index (χ0) is 17.2. The predicted octanol–water partition coefficient (Wildman–Crippen LogP) is 2.58. The lowest BCUT2D eigenvalue weighted by Crippen LogP contribution is -2.11. The van der Waals surface area contributed by atoms with Crippen molar-refractivity contribution in [1.29, 1.82) is 5.26 Å². The van der Waals surface area contributed by atoms with Gasteiger partial charge >= 0.3 is 5.97 Å². The molecular formula is C17H21NO5. The topological polar surface area (TPSA) is 77.8 Å². The van der Waals surface area contributed by atoms with Gasteiger partial charge in [-0.3, -0.25) is 0 Å². The van der Waals surface area contributed by atoms with Crippen molar-refractivity contribution in [3.63, 3.8) is 0 Å². The van der Waals surface area contributed by atoms with Gasteiger partial charge in [0.15, 0.2) is 11.5 Å². The standard InChI is InChI=1S/C17H21NO5/c1-12(2)23-15-6-5-13(10-16(15)21-4)9-14(11-18)17(19)22-8-7-20-3/h5-6,9-10,12H,7-8H2,1-4H3/b14-9-. The molecule has 0 bridgehead atoms. The molecule has 0 atom stereocenters. The van der Waals surface area contributed by atoms with Gasteiger partial charge in [-0.2, -0.15) is 5.26 Å². The van der Waals surface area contributed by atoms with E-state index in [9.17, 15) is 4.79 Å². The number of nitriles is 1. The molecule has 0 aliphatic heterocycles. The zero-order valence-electron chi connectivity index (χ0n) is 13.8. The Kier molecular flexibility index (Phi) is 7.64. The largest absolute Gasteiger partial charge is 0.493 e. The van der Waals surface area contributed by atoms with E-state index in [2.05, 4.69) is 0 Å². The van der Waals surface area contributed by atoms with Crippen molar-refractivity contribution >= 4 is 12.0 Å². The first-order valence-electron chi connectivity index (χ1n) is 7.14. The number of hydrogen-bond donors (Lipinski definition) is 0. The summed E-state index contributed by atoms with van der Waals surface area (Å²) in [7, 11) is 3.03. The van der Waals surface area contributed by atoms with Crippen LogP contribution in [0.5, 0.6) is 11.5 Å². The van der Waals surface area contributed by atoms with Crippen molar-refractivity contribution in [1.82, 2.24) is 0 Å². The quantitative estimate of drug-likeness (QED) is 0.317. The Labute approximate surface area is 136 Å². The van der Waals surface area contributed by atoms with Crippen LogP contribution in [0.4, 0.5) is 0 Å². The average Bonchev–Trinajstić information content (AvgIpc) is 2.53. The Balaban J connectivity index is 2.96. The number of carbonyl (C=O) groups is 1.